The van der Waals surface area contributed by atoms with E-state index in [1.54, 1.807) is 0 Å². The predicted octanol–water partition coefficient (Wildman–Crippen LogP) is 2.95. The van der Waals surface area contributed by atoms with Crippen molar-refractivity contribution in [1.29, 1.82) is 0 Å². The van der Waals surface area contributed by atoms with Crippen LogP contribution in [0.2, 0.25) is 0 Å². The molecular formula is C16H26O4. The van der Waals surface area contributed by atoms with E-state index in [2.05, 4.69) is 0 Å². The van der Waals surface area contributed by atoms with E-state index in [0.717, 1.165) is 6.42 Å². The van der Waals surface area contributed by atoms with Crippen LogP contribution in [0, 0.1) is 11.8 Å². The second-order valence-electron chi connectivity index (χ2n) is 5.88. The molecular weight excluding hydrogens is 256 g/mol. The lowest BCUT2D eigenvalue weighted by atomic mass is 9.83. The molecule has 0 saturated carbocycles. The first kappa shape index (κ1) is 16.8. The second-order valence-corrected chi connectivity index (χ2v) is 5.88. The van der Waals surface area contributed by atoms with Crippen molar-refractivity contribution in [2.75, 3.05) is 0 Å². The van der Waals surface area contributed by atoms with E-state index >= 15 is 0 Å². The van der Waals surface area contributed by atoms with Gasteiger partial charge in [-0.05, 0) is 36.5 Å². The molecule has 0 aliphatic heterocycles. The maximum atomic E-state index is 10.5. The zero-order valence-electron chi connectivity index (χ0n) is 12.5. The Labute approximate surface area is 120 Å². The van der Waals surface area contributed by atoms with Gasteiger partial charge in [0.2, 0.25) is 0 Å². The molecule has 0 spiro atoms. The van der Waals surface area contributed by atoms with Crippen LogP contribution in [0.15, 0.2) is 18.2 Å². The summed E-state index contributed by atoms with van der Waals surface area (Å²) in [5, 5.41) is 39.8. The molecule has 0 aliphatic carbocycles. The Kier molecular flexibility index (Phi) is 6.30. The molecule has 0 bridgehead atoms. The van der Waals surface area contributed by atoms with E-state index in [1.165, 1.54) is 18.2 Å². The van der Waals surface area contributed by atoms with Gasteiger partial charge in [0.15, 0.2) is 0 Å². The Morgan fingerprint density at radius 3 is 2.00 bits per heavy atom. The number of benzene rings is 1. The molecule has 0 unspecified atom stereocenters. The SMILES string of the molecule is CCC[C@@H](O)[C@@H](CC(C)C)[C@@H](O)c1cc(O)cc(O)c1. The van der Waals surface area contributed by atoms with Gasteiger partial charge in [-0.25, -0.2) is 0 Å². The quantitative estimate of drug-likeness (QED) is 0.620. The molecule has 0 heterocycles. The maximum absolute atomic E-state index is 10.5. The maximum Gasteiger partial charge on any atom is 0.119 e. The van der Waals surface area contributed by atoms with Crippen molar-refractivity contribution in [3.8, 4) is 11.5 Å². The summed E-state index contributed by atoms with van der Waals surface area (Å²) in [6, 6.07) is 4.07. The van der Waals surface area contributed by atoms with Crippen molar-refractivity contribution in [3.63, 3.8) is 0 Å². The largest absolute Gasteiger partial charge is 0.508 e. The molecule has 0 aliphatic rings. The monoisotopic (exact) mass is 282 g/mol. The molecule has 0 aromatic heterocycles. The summed E-state index contributed by atoms with van der Waals surface area (Å²) in [6.07, 6.45) is 0.644. The van der Waals surface area contributed by atoms with Crippen molar-refractivity contribution >= 4 is 0 Å². The van der Waals surface area contributed by atoms with Gasteiger partial charge in [0.1, 0.15) is 11.5 Å². The number of aromatic hydroxyl groups is 2. The van der Waals surface area contributed by atoms with Crippen LogP contribution >= 0.6 is 0 Å². The van der Waals surface area contributed by atoms with Crippen molar-refractivity contribution < 1.29 is 20.4 Å². The highest BCUT2D eigenvalue weighted by Crippen LogP contribution is 2.34. The molecule has 0 saturated heterocycles. The van der Waals surface area contributed by atoms with E-state index < -0.39 is 12.2 Å². The number of phenols is 2. The van der Waals surface area contributed by atoms with Gasteiger partial charge in [0.25, 0.3) is 0 Å². The third-order valence-corrected chi connectivity index (χ3v) is 3.49. The minimum atomic E-state index is -0.906. The highest BCUT2D eigenvalue weighted by Gasteiger charge is 2.28. The van der Waals surface area contributed by atoms with E-state index in [1.807, 2.05) is 20.8 Å². The smallest absolute Gasteiger partial charge is 0.119 e. The van der Waals surface area contributed by atoms with Crippen LogP contribution in [-0.2, 0) is 0 Å². The summed E-state index contributed by atoms with van der Waals surface area (Å²) in [5.74, 6) is -0.150. The van der Waals surface area contributed by atoms with Gasteiger partial charge in [0.05, 0.1) is 12.2 Å². The van der Waals surface area contributed by atoms with Crippen LogP contribution in [0.25, 0.3) is 0 Å². The summed E-state index contributed by atoms with van der Waals surface area (Å²) < 4.78 is 0. The van der Waals surface area contributed by atoms with Gasteiger partial charge < -0.3 is 20.4 Å². The summed E-state index contributed by atoms with van der Waals surface area (Å²) in [7, 11) is 0. The molecule has 3 atom stereocenters. The number of hydrogen-bond donors (Lipinski definition) is 4. The Bertz CT molecular complexity index is 397. The molecule has 1 aromatic carbocycles. The first-order chi connectivity index (χ1) is 9.35. The molecule has 1 rings (SSSR count). The first-order valence-electron chi connectivity index (χ1n) is 7.24. The molecule has 4 N–H and O–H groups in total. The van der Waals surface area contributed by atoms with Crippen LogP contribution in [0.4, 0.5) is 0 Å². The Hall–Kier alpha value is -1.26. The Morgan fingerprint density at radius 1 is 1.00 bits per heavy atom. The van der Waals surface area contributed by atoms with Crippen LogP contribution in [0.3, 0.4) is 0 Å². The first-order valence-corrected chi connectivity index (χ1v) is 7.24. The lowest BCUT2D eigenvalue weighted by Crippen LogP contribution is -2.28. The molecule has 114 valence electrons. The number of hydrogen-bond acceptors (Lipinski definition) is 4. The van der Waals surface area contributed by atoms with Gasteiger partial charge in [0, 0.05) is 12.0 Å². The molecule has 4 nitrogen and oxygen atoms in total. The van der Waals surface area contributed by atoms with Gasteiger partial charge in [-0.15, -0.1) is 0 Å². The van der Waals surface area contributed by atoms with E-state index in [4.69, 9.17) is 0 Å². The molecule has 20 heavy (non-hydrogen) atoms. The van der Waals surface area contributed by atoms with Crippen molar-refractivity contribution in [2.45, 2.75) is 52.2 Å². The molecule has 0 radical (unpaired) electrons. The van der Waals surface area contributed by atoms with Gasteiger partial charge in [-0.3, -0.25) is 0 Å². The summed E-state index contributed by atoms with van der Waals surface area (Å²) in [5.41, 5.74) is 0.434. The van der Waals surface area contributed by atoms with E-state index in [-0.39, 0.29) is 17.4 Å². The summed E-state index contributed by atoms with van der Waals surface area (Å²) in [6.45, 7) is 6.07. The van der Waals surface area contributed by atoms with E-state index in [9.17, 15) is 20.4 Å². The van der Waals surface area contributed by atoms with Crippen molar-refractivity contribution in [1.82, 2.24) is 0 Å². The van der Waals surface area contributed by atoms with Gasteiger partial charge in [-0.1, -0.05) is 27.2 Å². The lowest BCUT2D eigenvalue weighted by Gasteiger charge is -2.29. The number of aliphatic hydroxyl groups is 2. The van der Waals surface area contributed by atoms with Crippen LogP contribution in [-0.4, -0.2) is 26.5 Å². The number of phenolic OH excluding ortho intramolecular Hbond substituents is 2. The summed E-state index contributed by atoms with van der Waals surface area (Å²) >= 11 is 0. The van der Waals surface area contributed by atoms with Crippen molar-refractivity contribution in [2.24, 2.45) is 11.8 Å². The zero-order valence-corrected chi connectivity index (χ0v) is 12.5. The van der Waals surface area contributed by atoms with E-state index in [0.29, 0.717) is 24.3 Å². The Balaban J connectivity index is 2.98. The molecule has 4 heteroatoms. The highest BCUT2D eigenvalue weighted by atomic mass is 16.3. The average molecular weight is 282 g/mol. The third kappa shape index (κ3) is 4.69. The fourth-order valence-electron chi connectivity index (χ4n) is 2.59. The molecule has 0 fully saturated rings. The number of aliphatic hydroxyl groups excluding tert-OH is 2. The summed E-state index contributed by atoms with van der Waals surface area (Å²) in [4.78, 5) is 0. The van der Waals surface area contributed by atoms with Crippen molar-refractivity contribution in [3.05, 3.63) is 23.8 Å². The minimum absolute atomic E-state index is 0.0904. The zero-order chi connectivity index (χ0) is 15.3. The minimum Gasteiger partial charge on any atom is -0.508 e. The van der Waals surface area contributed by atoms with Crippen LogP contribution in [0.5, 0.6) is 11.5 Å². The third-order valence-electron chi connectivity index (χ3n) is 3.49. The predicted molar refractivity (Wildman–Crippen MR) is 78.6 cm³/mol. The van der Waals surface area contributed by atoms with Gasteiger partial charge in [-0.2, -0.15) is 0 Å². The Morgan fingerprint density at radius 2 is 1.55 bits per heavy atom. The number of rotatable bonds is 7. The molecule has 1 aromatic rings. The standard InChI is InChI=1S/C16H26O4/c1-4-5-15(19)14(6-10(2)3)16(20)11-7-12(17)9-13(18)8-11/h7-10,14-20H,4-6H2,1-3H3/t14-,15-,16+/m1/s1. The van der Waals surface area contributed by atoms with Gasteiger partial charge >= 0.3 is 0 Å². The molecule has 0 amide bonds. The topological polar surface area (TPSA) is 80.9 Å². The fraction of sp³-hybridized carbons (Fsp3) is 0.625. The van der Waals surface area contributed by atoms with Crippen LogP contribution < -0.4 is 0 Å². The average Bonchev–Trinajstić information content (AvgIpc) is 2.34. The fourth-order valence-corrected chi connectivity index (χ4v) is 2.59. The van der Waals surface area contributed by atoms with Crippen LogP contribution in [0.1, 0.15) is 51.7 Å². The lowest BCUT2D eigenvalue weighted by molar-refractivity contribution is -0.00380. The normalized spacial score (nSPS) is 16.1. The second kappa shape index (κ2) is 7.50. The highest BCUT2D eigenvalue weighted by molar-refractivity contribution is 5.37.